The van der Waals surface area contributed by atoms with Crippen LogP contribution in [0.5, 0.6) is 0 Å². The lowest BCUT2D eigenvalue weighted by Crippen LogP contribution is -2.29. The highest BCUT2D eigenvalue weighted by molar-refractivity contribution is 7.99. The molecule has 1 amide bonds. The minimum Gasteiger partial charge on any atom is -0.344 e. The van der Waals surface area contributed by atoms with Gasteiger partial charge in [-0.15, -0.1) is 11.3 Å². The van der Waals surface area contributed by atoms with Gasteiger partial charge < -0.3 is 4.90 Å². The van der Waals surface area contributed by atoms with Crippen LogP contribution in [0.15, 0.2) is 40.3 Å². The van der Waals surface area contributed by atoms with Crippen molar-refractivity contribution in [2.75, 3.05) is 19.3 Å². The molecule has 2 heterocycles. The number of para-hydroxylation sites is 1. The van der Waals surface area contributed by atoms with Crippen LogP contribution >= 0.6 is 23.1 Å². The second-order valence-electron chi connectivity index (χ2n) is 7.91. The van der Waals surface area contributed by atoms with Gasteiger partial charge in [0.15, 0.2) is 5.16 Å². The number of aryl methyl sites for hydroxylation is 1. The summed E-state index contributed by atoms with van der Waals surface area (Å²) in [6.45, 7) is 2.64. The van der Waals surface area contributed by atoms with Gasteiger partial charge in [0, 0.05) is 18.5 Å². The summed E-state index contributed by atoms with van der Waals surface area (Å²) in [5.41, 5.74) is 1.85. The molecule has 1 unspecified atom stereocenters. The summed E-state index contributed by atoms with van der Waals surface area (Å²) >= 11 is 2.89. The Morgan fingerprint density at radius 2 is 2.16 bits per heavy atom. The molecule has 1 aliphatic rings. The van der Waals surface area contributed by atoms with Gasteiger partial charge in [0.25, 0.3) is 5.56 Å². The molecule has 6 nitrogen and oxygen atoms in total. The number of thioether (sulfide) groups is 1. The molecule has 1 atom stereocenters. The summed E-state index contributed by atoms with van der Waals surface area (Å²) in [6.07, 6.45) is 3.29. The molecule has 31 heavy (non-hydrogen) atoms. The molecule has 0 spiro atoms. The fourth-order valence-corrected chi connectivity index (χ4v) is 6.23. The maximum Gasteiger partial charge on any atom is 0.267 e. The first-order valence-corrected chi connectivity index (χ1v) is 12.2. The van der Waals surface area contributed by atoms with Crippen LogP contribution in [0.4, 0.5) is 0 Å². The number of aromatic nitrogens is 2. The Morgan fingerprint density at radius 3 is 2.90 bits per heavy atom. The predicted octanol–water partition coefficient (Wildman–Crippen LogP) is 4.04. The molecule has 8 heteroatoms. The van der Waals surface area contributed by atoms with Crippen LogP contribution in [0.3, 0.4) is 0 Å². The first-order valence-electron chi connectivity index (χ1n) is 10.4. The van der Waals surface area contributed by atoms with Crippen LogP contribution in [0.25, 0.3) is 15.9 Å². The molecule has 1 aromatic carbocycles. The van der Waals surface area contributed by atoms with Crippen molar-refractivity contribution < 1.29 is 4.79 Å². The van der Waals surface area contributed by atoms with Gasteiger partial charge in [0.2, 0.25) is 5.91 Å². The molecule has 4 rings (SSSR count). The van der Waals surface area contributed by atoms with Crippen molar-refractivity contribution in [2.24, 2.45) is 5.92 Å². The molecule has 0 aliphatic heterocycles. The molecule has 0 bridgehead atoms. The molecule has 0 saturated heterocycles. The Bertz CT molecular complexity index is 1210. The van der Waals surface area contributed by atoms with Crippen molar-refractivity contribution in [3.05, 3.63) is 51.1 Å². The van der Waals surface area contributed by atoms with Gasteiger partial charge >= 0.3 is 0 Å². The number of hydrogen-bond acceptors (Lipinski definition) is 6. The zero-order valence-electron chi connectivity index (χ0n) is 17.6. The van der Waals surface area contributed by atoms with Crippen molar-refractivity contribution in [2.45, 2.75) is 37.8 Å². The summed E-state index contributed by atoms with van der Waals surface area (Å²) in [7, 11) is 1.69. The van der Waals surface area contributed by atoms with Gasteiger partial charge in [-0.3, -0.25) is 14.2 Å². The standard InChI is InChI=1S/C23H24N4O2S2/c1-15-9-10-17-18(13-15)31-21-20(17)22(29)27(16-7-4-3-5-8-16)23(25-21)30-14-19(28)26(2)12-6-11-24/h3-5,7-8,15H,6,9-10,12-14H2,1-2H3. The fraction of sp³-hybridized carbons (Fsp3) is 0.391. The molecule has 160 valence electrons. The third-order valence-corrected chi connectivity index (χ3v) is 7.69. The molecule has 0 fully saturated rings. The average Bonchev–Trinajstić information content (AvgIpc) is 3.13. The van der Waals surface area contributed by atoms with Crippen molar-refractivity contribution in [3.63, 3.8) is 0 Å². The molecule has 2 aromatic heterocycles. The van der Waals surface area contributed by atoms with Gasteiger partial charge in [-0.2, -0.15) is 5.26 Å². The minimum atomic E-state index is -0.0893. The lowest BCUT2D eigenvalue weighted by Gasteiger charge is -2.18. The van der Waals surface area contributed by atoms with E-state index in [-0.39, 0.29) is 17.2 Å². The smallest absolute Gasteiger partial charge is 0.267 e. The van der Waals surface area contributed by atoms with Crippen LogP contribution in [0.1, 0.15) is 30.2 Å². The lowest BCUT2D eigenvalue weighted by molar-refractivity contribution is -0.127. The van der Waals surface area contributed by atoms with Crippen molar-refractivity contribution in [1.29, 1.82) is 5.26 Å². The number of hydrogen-bond donors (Lipinski definition) is 0. The zero-order valence-corrected chi connectivity index (χ0v) is 19.3. The first-order chi connectivity index (χ1) is 15.0. The third-order valence-electron chi connectivity index (χ3n) is 5.62. The average molecular weight is 453 g/mol. The highest BCUT2D eigenvalue weighted by Crippen LogP contribution is 2.37. The Kier molecular flexibility index (Phi) is 6.44. The van der Waals surface area contributed by atoms with E-state index in [9.17, 15) is 9.59 Å². The van der Waals surface area contributed by atoms with E-state index >= 15 is 0 Å². The summed E-state index contributed by atoms with van der Waals surface area (Å²) in [5.74, 6) is 0.690. The molecular formula is C23H24N4O2S2. The van der Waals surface area contributed by atoms with E-state index in [0.29, 0.717) is 24.0 Å². The fourth-order valence-electron chi connectivity index (χ4n) is 3.85. The van der Waals surface area contributed by atoms with Crippen LogP contribution in [-0.2, 0) is 17.6 Å². The molecule has 0 N–H and O–H groups in total. The quantitative estimate of drug-likeness (QED) is 0.417. The van der Waals surface area contributed by atoms with Crippen molar-refractivity contribution in [3.8, 4) is 11.8 Å². The van der Waals surface area contributed by atoms with E-state index in [1.807, 2.05) is 30.3 Å². The van der Waals surface area contributed by atoms with Crippen LogP contribution in [0.2, 0.25) is 0 Å². The van der Waals surface area contributed by atoms with Crippen LogP contribution in [-0.4, -0.2) is 39.7 Å². The first kappa shape index (κ1) is 21.6. The van der Waals surface area contributed by atoms with Crippen molar-refractivity contribution >= 4 is 39.2 Å². The number of nitrogens with zero attached hydrogens (tertiary/aromatic N) is 4. The van der Waals surface area contributed by atoms with Gasteiger partial charge in [-0.05, 0) is 42.9 Å². The molecule has 3 aromatic rings. The number of nitriles is 1. The molecular weight excluding hydrogens is 428 g/mol. The number of rotatable bonds is 6. The van der Waals surface area contributed by atoms with Crippen LogP contribution in [0, 0.1) is 17.2 Å². The van der Waals surface area contributed by atoms with Crippen molar-refractivity contribution in [1.82, 2.24) is 14.5 Å². The van der Waals surface area contributed by atoms with Gasteiger partial charge in [-0.25, -0.2) is 4.98 Å². The second-order valence-corrected chi connectivity index (χ2v) is 9.94. The predicted molar refractivity (Wildman–Crippen MR) is 125 cm³/mol. The summed E-state index contributed by atoms with van der Waals surface area (Å²) in [6, 6.07) is 11.5. The highest BCUT2D eigenvalue weighted by atomic mass is 32.2. The topological polar surface area (TPSA) is 79.0 Å². The van der Waals surface area contributed by atoms with E-state index in [1.165, 1.54) is 16.6 Å². The number of carbonyl (C=O) groups excluding carboxylic acids is 1. The van der Waals surface area contributed by atoms with E-state index in [4.69, 9.17) is 10.2 Å². The van der Waals surface area contributed by atoms with E-state index < -0.39 is 0 Å². The molecule has 1 aliphatic carbocycles. The number of amides is 1. The minimum absolute atomic E-state index is 0.0592. The number of benzene rings is 1. The van der Waals surface area contributed by atoms with Gasteiger partial charge in [0.1, 0.15) is 4.83 Å². The molecule has 0 radical (unpaired) electrons. The Balaban J connectivity index is 1.76. The SMILES string of the molecule is CC1CCc2c(sc3nc(SCC(=O)N(C)CCC#N)n(-c4ccccc4)c(=O)c23)C1. The number of fused-ring (bicyclic) bond motifs is 3. The lowest BCUT2D eigenvalue weighted by atomic mass is 9.89. The zero-order chi connectivity index (χ0) is 22.0. The Labute approximate surface area is 189 Å². The Morgan fingerprint density at radius 1 is 1.39 bits per heavy atom. The second kappa shape index (κ2) is 9.25. The Hall–Kier alpha value is -2.63. The summed E-state index contributed by atoms with van der Waals surface area (Å²) < 4.78 is 1.64. The van der Waals surface area contributed by atoms with Gasteiger partial charge in [0.05, 0.1) is 29.3 Å². The summed E-state index contributed by atoms with van der Waals surface area (Å²) in [5, 5.41) is 10.0. The van der Waals surface area contributed by atoms with E-state index in [1.54, 1.807) is 27.9 Å². The largest absolute Gasteiger partial charge is 0.344 e. The monoisotopic (exact) mass is 452 g/mol. The van der Waals surface area contributed by atoms with Gasteiger partial charge in [-0.1, -0.05) is 36.9 Å². The summed E-state index contributed by atoms with van der Waals surface area (Å²) in [4.78, 5) is 34.6. The van der Waals surface area contributed by atoms with E-state index in [0.717, 1.165) is 40.7 Å². The maximum absolute atomic E-state index is 13.7. The third kappa shape index (κ3) is 4.39. The highest BCUT2D eigenvalue weighted by Gasteiger charge is 2.25. The number of thiophene rings is 1. The van der Waals surface area contributed by atoms with E-state index in [2.05, 4.69) is 13.0 Å². The number of carbonyl (C=O) groups is 1. The van der Waals surface area contributed by atoms with Crippen LogP contribution < -0.4 is 5.56 Å². The maximum atomic E-state index is 13.7. The normalized spacial score (nSPS) is 15.5. The molecule has 0 saturated carbocycles.